The van der Waals surface area contributed by atoms with Gasteiger partial charge in [0.25, 0.3) is 0 Å². The van der Waals surface area contributed by atoms with Crippen LogP contribution in [0.1, 0.15) is 0 Å². The van der Waals surface area contributed by atoms with Gasteiger partial charge in [-0.3, -0.25) is 13.5 Å². The highest BCUT2D eigenvalue weighted by Crippen LogP contribution is 1.85. The van der Waals surface area contributed by atoms with E-state index >= 15 is 0 Å². The summed E-state index contributed by atoms with van der Waals surface area (Å²) < 4.78 is 6.58. The molecule has 0 fully saturated rings. The quantitative estimate of drug-likeness (QED) is 0.363. The molecule has 0 unspecified atom stereocenters. The van der Waals surface area contributed by atoms with E-state index in [-0.39, 0.29) is 11.5 Å². The molecule has 0 amide bonds. The summed E-state index contributed by atoms with van der Waals surface area (Å²) in [6.07, 6.45) is 0. The summed E-state index contributed by atoms with van der Waals surface area (Å²) in [5.41, 5.74) is 9.88. The first-order valence-corrected chi connectivity index (χ1v) is 6.13. The fourth-order valence-electron chi connectivity index (χ4n) is 0.156. The molecule has 0 spiro atoms. The molecule has 0 aliphatic heterocycles. The number of nitrogens with two attached hydrogens (primary N) is 2. The van der Waals surface area contributed by atoms with Crippen molar-refractivity contribution in [3.8, 4) is 0 Å². The first kappa shape index (κ1) is 18.7. The number of thiol groups is 2. The number of aromatic amines is 1. The van der Waals surface area contributed by atoms with Crippen LogP contribution in [0.2, 0.25) is 0 Å². The number of aliphatic carboxylic acids is 2. The van der Waals surface area contributed by atoms with Crippen molar-refractivity contribution in [3.63, 3.8) is 0 Å². The molecule has 8 nitrogen and oxygen atoms in total. The van der Waals surface area contributed by atoms with Gasteiger partial charge in [-0.05, 0) is 0 Å². The van der Waals surface area contributed by atoms with Crippen molar-refractivity contribution in [2.75, 3.05) is 11.5 Å². The third-order valence-electron chi connectivity index (χ3n) is 1.11. The molecular formula is C6H15N3O5S3. The lowest BCUT2D eigenvalue weighted by atomic mass is 10.4. The molecular weight excluding hydrogens is 290 g/mol. The number of hydrogen-bond acceptors (Lipinski definition) is 8. The summed E-state index contributed by atoms with van der Waals surface area (Å²) in [4.78, 5) is 19.5. The number of rotatable bonds is 4. The van der Waals surface area contributed by atoms with E-state index in [2.05, 4.69) is 33.8 Å². The summed E-state index contributed by atoms with van der Waals surface area (Å²) in [5.74, 6) is -1.63. The largest absolute Gasteiger partial charge is 0.480 e. The Morgan fingerprint density at radius 2 is 1.41 bits per heavy atom. The second-order valence-corrected chi connectivity index (χ2v) is 3.73. The molecule has 0 saturated carbocycles. The van der Waals surface area contributed by atoms with Crippen molar-refractivity contribution in [3.05, 3.63) is 0 Å². The van der Waals surface area contributed by atoms with E-state index in [0.717, 1.165) is 0 Å². The summed E-state index contributed by atoms with van der Waals surface area (Å²) in [6, 6.07) is -1.63. The highest BCUT2D eigenvalue weighted by molar-refractivity contribution is 7.80. The minimum atomic E-state index is -1.00. The third-order valence-corrected chi connectivity index (χ3v) is 2.06. The van der Waals surface area contributed by atoms with Gasteiger partial charge in [-0.2, -0.15) is 25.3 Å². The van der Waals surface area contributed by atoms with Crippen LogP contribution in [0.4, 0.5) is 0 Å². The Hall–Kier alpha value is -0.620. The van der Waals surface area contributed by atoms with Crippen molar-refractivity contribution >= 4 is 49.0 Å². The van der Waals surface area contributed by atoms with Gasteiger partial charge >= 0.3 is 11.9 Å². The second kappa shape index (κ2) is 11.9. The minimum Gasteiger partial charge on any atom is -0.480 e. The maximum atomic E-state index is 9.76. The Bertz CT molecular complexity index is 254. The highest BCUT2D eigenvalue weighted by atomic mass is 32.1. The van der Waals surface area contributed by atoms with E-state index in [1.807, 2.05) is 0 Å². The molecule has 11 heteroatoms. The molecule has 0 aliphatic rings. The Kier molecular flexibility index (Phi) is 13.1. The van der Waals surface area contributed by atoms with Gasteiger partial charge in [0.2, 0.25) is 0 Å². The first-order chi connectivity index (χ1) is 7.86. The van der Waals surface area contributed by atoms with E-state index in [9.17, 15) is 9.59 Å². The van der Waals surface area contributed by atoms with Crippen LogP contribution in [0.3, 0.4) is 0 Å². The molecule has 1 aromatic heterocycles. The van der Waals surface area contributed by atoms with Gasteiger partial charge < -0.3 is 21.7 Å². The van der Waals surface area contributed by atoms with Crippen LogP contribution in [0, 0.1) is 0 Å². The second-order valence-electron chi connectivity index (χ2n) is 2.50. The van der Waals surface area contributed by atoms with E-state index in [1.165, 1.54) is 11.8 Å². The van der Waals surface area contributed by atoms with E-state index in [1.54, 1.807) is 0 Å². The maximum absolute atomic E-state index is 9.76. The number of carbonyl (C=O) groups is 2. The van der Waals surface area contributed by atoms with Crippen molar-refractivity contribution in [1.29, 1.82) is 0 Å². The van der Waals surface area contributed by atoms with Gasteiger partial charge in [0, 0.05) is 11.5 Å². The van der Waals surface area contributed by atoms with Crippen molar-refractivity contribution in [2.24, 2.45) is 11.5 Å². The molecule has 7 N–H and O–H groups in total. The van der Waals surface area contributed by atoms with E-state index in [4.69, 9.17) is 21.7 Å². The molecule has 1 rings (SSSR count). The van der Waals surface area contributed by atoms with Crippen molar-refractivity contribution < 1.29 is 23.8 Å². The lowest BCUT2D eigenvalue weighted by Crippen LogP contribution is -2.31. The van der Waals surface area contributed by atoms with Crippen LogP contribution in [0.15, 0.2) is 3.96 Å². The number of carboxylic acids is 2. The molecule has 0 aromatic carbocycles. The summed E-state index contributed by atoms with van der Waals surface area (Å²) in [5, 5.41) is 16.0. The predicted molar refractivity (Wildman–Crippen MR) is 69.9 cm³/mol. The van der Waals surface area contributed by atoms with Crippen LogP contribution in [-0.2, 0) is 9.59 Å². The SMILES string of the molecule is N[C@@H](CS)C(=O)O.N[C@@H](CS)C(=O)O.[nH]1os1. The van der Waals surface area contributed by atoms with Crippen LogP contribution in [0.25, 0.3) is 0 Å². The normalized spacial score (nSPS) is 12.5. The fraction of sp³-hybridized carbons (Fsp3) is 0.667. The van der Waals surface area contributed by atoms with Gasteiger partial charge in [-0.15, -0.1) is 4.55 Å². The number of aromatic nitrogens is 1. The van der Waals surface area contributed by atoms with Gasteiger partial charge in [0.05, 0.1) is 0 Å². The molecule has 2 atom stereocenters. The zero-order valence-corrected chi connectivity index (χ0v) is 11.3. The lowest BCUT2D eigenvalue weighted by molar-refractivity contribution is -0.138. The zero-order valence-electron chi connectivity index (χ0n) is 8.65. The van der Waals surface area contributed by atoms with Gasteiger partial charge in [0.15, 0.2) is 11.8 Å². The fourth-order valence-corrected chi connectivity index (χ4v) is 0.469. The average molecular weight is 305 g/mol. The number of carboxylic acid groups (broad SMARTS) is 2. The molecule has 0 saturated heterocycles. The van der Waals surface area contributed by atoms with Crippen LogP contribution in [0.5, 0.6) is 0 Å². The molecule has 0 aliphatic carbocycles. The standard InChI is InChI=1S/2C3H7NO2S.HNOS/c2*4-2(1-7)3(5)6;1-2-3-1/h2*2,7H,1,4H2,(H,5,6);1H/t2*2-;/m00./s1. The summed E-state index contributed by atoms with van der Waals surface area (Å²) in [6.45, 7) is 0. The van der Waals surface area contributed by atoms with Crippen molar-refractivity contribution in [2.45, 2.75) is 12.1 Å². The molecule has 0 radical (unpaired) electrons. The van der Waals surface area contributed by atoms with Gasteiger partial charge in [0.1, 0.15) is 12.1 Å². The number of nitrogens with one attached hydrogen (secondary N) is 1. The Morgan fingerprint density at radius 1 is 1.18 bits per heavy atom. The zero-order chi connectivity index (χ0) is 13.8. The third kappa shape index (κ3) is 18.0. The van der Waals surface area contributed by atoms with Gasteiger partial charge in [-0.1, -0.05) is 0 Å². The molecule has 102 valence electrons. The van der Waals surface area contributed by atoms with Crippen molar-refractivity contribution in [1.82, 2.24) is 4.55 Å². The highest BCUT2D eigenvalue weighted by Gasteiger charge is 2.06. The van der Waals surface area contributed by atoms with Gasteiger partial charge in [-0.25, -0.2) is 0 Å². The van der Waals surface area contributed by atoms with Crippen LogP contribution < -0.4 is 11.5 Å². The topological polar surface area (TPSA) is 156 Å². The van der Waals surface area contributed by atoms with Crippen LogP contribution in [-0.4, -0.2) is 50.3 Å². The molecule has 1 heterocycles. The van der Waals surface area contributed by atoms with E-state index in [0.29, 0.717) is 0 Å². The predicted octanol–water partition coefficient (Wildman–Crippen LogP) is -0.675. The Morgan fingerprint density at radius 3 is 1.41 bits per heavy atom. The first-order valence-electron chi connectivity index (χ1n) is 4.12. The molecule has 0 bridgehead atoms. The Balaban J connectivity index is 0. The maximum Gasteiger partial charge on any atom is 0.321 e. The summed E-state index contributed by atoms with van der Waals surface area (Å²) >= 11 is 8.55. The summed E-state index contributed by atoms with van der Waals surface area (Å²) in [7, 11) is 0. The monoisotopic (exact) mass is 305 g/mol. The van der Waals surface area contributed by atoms with E-state index < -0.39 is 24.0 Å². The average Bonchev–Trinajstić information content (AvgIpc) is 3.14. The molecule has 17 heavy (non-hydrogen) atoms. The minimum absolute atomic E-state index is 0.190. The smallest absolute Gasteiger partial charge is 0.321 e. The lowest BCUT2D eigenvalue weighted by Gasteiger charge is -1.96. The number of hydrogen-bond donors (Lipinski definition) is 7. The molecule has 1 aromatic rings. The van der Waals surface area contributed by atoms with Crippen LogP contribution >= 0.6 is 37.1 Å². The number of H-pyrrole nitrogens is 1. The Labute approximate surface area is 112 Å².